The van der Waals surface area contributed by atoms with Crippen molar-refractivity contribution in [1.82, 2.24) is 4.98 Å². The third kappa shape index (κ3) is 3.75. The molecule has 5 N–H and O–H groups in total. The highest BCUT2D eigenvalue weighted by Gasteiger charge is 2.10. The Hall–Kier alpha value is -3.54. The van der Waals surface area contributed by atoms with Crippen LogP contribution in [-0.2, 0) is 0 Å². The molecule has 0 radical (unpaired) electrons. The van der Waals surface area contributed by atoms with Crippen LogP contribution >= 0.6 is 0 Å². The molecular formula is C20H20N4O2. The number of methoxy groups -OCH3 is 1. The van der Waals surface area contributed by atoms with Gasteiger partial charge in [0.15, 0.2) is 5.82 Å². The number of aromatic hydroxyl groups is 1. The number of hydrogen-bond donors (Lipinski definition) is 3. The third-order valence-electron chi connectivity index (χ3n) is 3.76. The Morgan fingerprint density at radius 3 is 2.69 bits per heavy atom. The quantitative estimate of drug-likeness (QED) is 0.494. The fourth-order valence-electron chi connectivity index (χ4n) is 2.68. The Morgan fingerprint density at radius 2 is 1.96 bits per heavy atom. The first-order valence-corrected chi connectivity index (χ1v) is 8.02. The Morgan fingerprint density at radius 1 is 1.15 bits per heavy atom. The highest BCUT2D eigenvalue weighted by atomic mass is 16.5. The smallest absolute Gasteiger partial charge is 0.155 e. The average Bonchev–Trinajstić information content (AvgIpc) is 2.60. The van der Waals surface area contributed by atoms with E-state index < -0.39 is 0 Å². The molecule has 0 aliphatic carbocycles. The molecule has 3 aromatic rings. The van der Waals surface area contributed by atoms with Crippen molar-refractivity contribution in [3.05, 3.63) is 60.3 Å². The maximum absolute atomic E-state index is 9.84. The predicted octanol–water partition coefficient (Wildman–Crippen LogP) is 3.47. The number of rotatable bonds is 4. The van der Waals surface area contributed by atoms with Crippen LogP contribution in [0.5, 0.6) is 11.5 Å². The van der Waals surface area contributed by atoms with Crippen LogP contribution in [0.3, 0.4) is 0 Å². The molecule has 6 nitrogen and oxygen atoms in total. The van der Waals surface area contributed by atoms with Gasteiger partial charge in [-0.2, -0.15) is 0 Å². The number of nitrogens with two attached hydrogens (primary N) is 2. The number of phenolic OH excluding ortho intramolecular Hbond substituents is 1. The molecule has 3 rings (SSSR count). The van der Waals surface area contributed by atoms with Gasteiger partial charge in [-0.25, -0.2) is 9.98 Å². The molecule has 0 saturated carbocycles. The van der Waals surface area contributed by atoms with Crippen molar-refractivity contribution in [3.63, 3.8) is 0 Å². The lowest BCUT2D eigenvalue weighted by Crippen LogP contribution is -2.10. The number of fused-ring (bicyclic) bond motifs is 1. The van der Waals surface area contributed by atoms with Crippen LogP contribution in [0.15, 0.2) is 65.3 Å². The van der Waals surface area contributed by atoms with Gasteiger partial charge in [0.25, 0.3) is 0 Å². The molecule has 0 fully saturated rings. The first-order valence-electron chi connectivity index (χ1n) is 8.02. The standard InChI is InChI=1S/C20H20N4O2/c1-12(21)8-18(22)23-19-11-14-9-15(25)6-7-17(14)20(24-19)13-4-3-5-16(10-13)26-2/h3-11,25H,21H2,1-2H3,(H2,22,23,24)/b12-8-. The number of aromatic nitrogens is 1. The second-order valence-electron chi connectivity index (χ2n) is 5.89. The minimum atomic E-state index is 0.167. The molecule has 0 atom stereocenters. The largest absolute Gasteiger partial charge is 0.508 e. The van der Waals surface area contributed by atoms with E-state index in [1.807, 2.05) is 30.3 Å². The third-order valence-corrected chi connectivity index (χ3v) is 3.76. The molecule has 0 saturated heterocycles. The number of amidine groups is 1. The normalized spacial score (nSPS) is 12.4. The summed E-state index contributed by atoms with van der Waals surface area (Å²) >= 11 is 0. The van der Waals surface area contributed by atoms with E-state index in [4.69, 9.17) is 16.2 Å². The van der Waals surface area contributed by atoms with Crippen molar-refractivity contribution in [3.8, 4) is 22.8 Å². The Kier molecular flexibility index (Phi) is 4.75. The first kappa shape index (κ1) is 17.3. The maximum atomic E-state index is 9.84. The molecule has 1 heterocycles. The highest BCUT2D eigenvalue weighted by molar-refractivity contribution is 5.98. The van der Waals surface area contributed by atoms with Crippen LogP contribution in [0.1, 0.15) is 6.92 Å². The van der Waals surface area contributed by atoms with E-state index in [0.29, 0.717) is 11.5 Å². The maximum Gasteiger partial charge on any atom is 0.155 e. The topological polar surface area (TPSA) is 107 Å². The van der Waals surface area contributed by atoms with E-state index in [-0.39, 0.29) is 11.6 Å². The zero-order chi connectivity index (χ0) is 18.7. The molecule has 0 aliphatic rings. The van der Waals surface area contributed by atoms with Crippen molar-refractivity contribution in [2.75, 3.05) is 7.11 Å². The SMILES string of the molecule is COc1cccc(-c2nc(N=C(N)/C=C(/C)N)cc3cc(O)ccc23)c1. The predicted molar refractivity (Wildman–Crippen MR) is 105 cm³/mol. The van der Waals surface area contributed by atoms with Gasteiger partial charge in [0.2, 0.25) is 0 Å². The van der Waals surface area contributed by atoms with E-state index >= 15 is 0 Å². The summed E-state index contributed by atoms with van der Waals surface area (Å²) in [7, 11) is 1.62. The Balaban J connectivity index is 2.24. The summed E-state index contributed by atoms with van der Waals surface area (Å²) in [5, 5.41) is 11.5. The summed E-state index contributed by atoms with van der Waals surface area (Å²) in [6.45, 7) is 1.73. The van der Waals surface area contributed by atoms with Crippen LogP contribution in [0, 0.1) is 0 Å². The Bertz CT molecular complexity index is 1020. The Labute approximate surface area is 151 Å². The second kappa shape index (κ2) is 7.14. The number of ether oxygens (including phenoxy) is 1. The molecule has 26 heavy (non-hydrogen) atoms. The zero-order valence-electron chi connectivity index (χ0n) is 14.6. The van der Waals surface area contributed by atoms with Gasteiger partial charge in [-0.15, -0.1) is 0 Å². The summed E-state index contributed by atoms with van der Waals surface area (Å²) in [5.41, 5.74) is 13.7. The lowest BCUT2D eigenvalue weighted by molar-refractivity contribution is 0.415. The molecule has 0 amide bonds. The van der Waals surface area contributed by atoms with E-state index in [9.17, 15) is 5.11 Å². The van der Waals surface area contributed by atoms with Crippen molar-refractivity contribution in [2.24, 2.45) is 16.5 Å². The number of benzene rings is 2. The van der Waals surface area contributed by atoms with E-state index in [0.717, 1.165) is 27.8 Å². The molecule has 0 unspecified atom stereocenters. The van der Waals surface area contributed by atoms with Crippen molar-refractivity contribution in [1.29, 1.82) is 0 Å². The molecule has 0 bridgehead atoms. The molecule has 0 spiro atoms. The molecule has 0 aliphatic heterocycles. The number of allylic oxidation sites excluding steroid dienone is 1. The number of aliphatic imine (C=N–C) groups is 1. The van der Waals surface area contributed by atoms with Gasteiger partial charge in [-0.05, 0) is 54.8 Å². The van der Waals surface area contributed by atoms with Gasteiger partial charge in [0.05, 0.1) is 12.8 Å². The van der Waals surface area contributed by atoms with E-state index in [1.165, 1.54) is 0 Å². The number of phenols is 1. The summed E-state index contributed by atoms with van der Waals surface area (Å²) in [6.07, 6.45) is 1.57. The fourth-order valence-corrected chi connectivity index (χ4v) is 2.68. The van der Waals surface area contributed by atoms with Gasteiger partial charge in [-0.3, -0.25) is 0 Å². The van der Waals surface area contributed by atoms with Crippen LogP contribution in [0.25, 0.3) is 22.0 Å². The number of pyridine rings is 1. The van der Waals surface area contributed by atoms with Gasteiger partial charge in [-0.1, -0.05) is 12.1 Å². The molecular weight excluding hydrogens is 328 g/mol. The fraction of sp³-hybridized carbons (Fsp3) is 0.100. The molecule has 132 valence electrons. The summed E-state index contributed by atoms with van der Waals surface area (Å²) in [6, 6.07) is 14.5. The minimum Gasteiger partial charge on any atom is -0.508 e. The van der Waals surface area contributed by atoms with Crippen molar-refractivity contribution >= 4 is 22.4 Å². The van der Waals surface area contributed by atoms with Crippen molar-refractivity contribution in [2.45, 2.75) is 6.92 Å². The van der Waals surface area contributed by atoms with Crippen LogP contribution < -0.4 is 16.2 Å². The van der Waals surface area contributed by atoms with Gasteiger partial charge < -0.3 is 21.3 Å². The zero-order valence-corrected chi connectivity index (χ0v) is 14.6. The van der Waals surface area contributed by atoms with E-state index in [2.05, 4.69) is 9.98 Å². The van der Waals surface area contributed by atoms with Gasteiger partial charge in [0, 0.05) is 16.6 Å². The monoisotopic (exact) mass is 348 g/mol. The summed E-state index contributed by atoms with van der Waals surface area (Å²) in [4.78, 5) is 8.97. The lowest BCUT2D eigenvalue weighted by atomic mass is 10.0. The van der Waals surface area contributed by atoms with Crippen LogP contribution in [-0.4, -0.2) is 23.0 Å². The molecule has 6 heteroatoms. The second-order valence-corrected chi connectivity index (χ2v) is 5.89. The average molecular weight is 348 g/mol. The summed E-state index contributed by atoms with van der Waals surface area (Å²) in [5.74, 6) is 1.58. The minimum absolute atomic E-state index is 0.167. The van der Waals surface area contributed by atoms with Gasteiger partial charge in [0.1, 0.15) is 17.3 Å². The van der Waals surface area contributed by atoms with Crippen molar-refractivity contribution < 1.29 is 9.84 Å². The highest BCUT2D eigenvalue weighted by Crippen LogP contribution is 2.33. The van der Waals surface area contributed by atoms with Crippen LogP contribution in [0.2, 0.25) is 0 Å². The molecule has 2 aromatic carbocycles. The first-order chi connectivity index (χ1) is 12.5. The molecule has 1 aromatic heterocycles. The van der Waals surface area contributed by atoms with Gasteiger partial charge >= 0.3 is 0 Å². The number of nitrogens with zero attached hydrogens (tertiary/aromatic N) is 2. The van der Waals surface area contributed by atoms with Crippen LogP contribution in [0.4, 0.5) is 5.82 Å². The lowest BCUT2D eigenvalue weighted by Gasteiger charge is -2.10. The number of hydrogen-bond acceptors (Lipinski definition) is 5. The van der Waals surface area contributed by atoms with E-state index in [1.54, 1.807) is 38.3 Å². The summed E-state index contributed by atoms with van der Waals surface area (Å²) < 4.78 is 5.31.